The minimum absolute atomic E-state index is 0.212. The highest BCUT2D eigenvalue weighted by atomic mass is 79.9. The maximum atomic E-state index is 13.9. The van der Waals surface area contributed by atoms with E-state index < -0.39 is 11.9 Å². The van der Waals surface area contributed by atoms with E-state index in [-0.39, 0.29) is 30.3 Å². The number of benzene rings is 4. The molecule has 1 atom stereocenters. The predicted molar refractivity (Wildman–Crippen MR) is 196 cm³/mol. The van der Waals surface area contributed by atoms with Crippen LogP contribution in [-0.2, 0) is 11.2 Å². The molecule has 1 heterocycles. The fourth-order valence-corrected chi connectivity index (χ4v) is 5.78. The Balaban J connectivity index is 1.31. The van der Waals surface area contributed by atoms with Crippen LogP contribution in [0.25, 0.3) is 21.7 Å². The number of nitrogens with two attached hydrogens (primary N) is 1. The minimum atomic E-state index is -0.917. The van der Waals surface area contributed by atoms with Gasteiger partial charge in [-0.25, -0.2) is 0 Å². The number of nitrogens with zero attached hydrogens (tertiary/aromatic N) is 1. The van der Waals surface area contributed by atoms with Crippen LogP contribution >= 0.6 is 15.9 Å². The number of carbonyl (C=O) groups excluding carboxylic acids is 3. The van der Waals surface area contributed by atoms with E-state index in [1.54, 1.807) is 24.3 Å². The lowest BCUT2D eigenvalue weighted by molar-refractivity contribution is -0.122. The van der Waals surface area contributed by atoms with Gasteiger partial charge in [0, 0.05) is 53.2 Å². The van der Waals surface area contributed by atoms with E-state index in [0.29, 0.717) is 34.8 Å². The summed E-state index contributed by atoms with van der Waals surface area (Å²) in [5.74, 6) is -0.889. The molecule has 11 heteroatoms. The number of amides is 3. The summed E-state index contributed by atoms with van der Waals surface area (Å²) in [5, 5.41) is 14.7. The molecule has 0 saturated heterocycles. The number of aromatic nitrogens is 1. The van der Waals surface area contributed by atoms with Gasteiger partial charge in [-0.3, -0.25) is 19.4 Å². The van der Waals surface area contributed by atoms with E-state index in [9.17, 15) is 14.4 Å². The molecule has 5 rings (SSSR count). The van der Waals surface area contributed by atoms with E-state index >= 15 is 0 Å². The molecule has 10 nitrogen and oxygen atoms in total. The second-order valence-electron chi connectivity index (χ2n) is 11.5. The SMILES string of the molecule is CCCCCN=C(N)NCCNC(=O)[C@H](Cc1c[nH]c2ccccc12)NC(=O)c1cc(Br)ccc1NC(=O)c1ccc2ccccc2c1. The summed E-state index contributed by atoms with van der Waals surface area (Å²) in [6.07, 6.45) is 5.26. The summed E-state index contributed by atoms with van der Waals surface area (Å²) in [7, 11) is 0. The van der Waals surface area contributed by atoms with Crippen molar-refractivity contribution in [2.45, 2.75) is 38.6 Å². The van der Waals surface area contributed by atoms with E-state index in [1.165, 1.54) is 0 Å². The molecular weight excluding hydrogens is 670 g/mol. The van der Waals surface area contributed by atoms with Gasteiger partial charge in [-0.15, -0.1) is 0 Å². The van der Waals surface area contributed by atoms with Gasteiger partial charge in [-0.2, -0.15) is 0 Å². The van der Waals surface area contributed by atoms with Crippen molar-refractivity contribution in [2.75, 3.05) is 25.0 Å². The molecule has 48 heavy (non-hydrogen) atoms. The third-order valence-electron chi connectivity index (χ3n) is 7.98. The molecule has 7 N–H and O–H groups in total. The Hall–Kier alpha value is -5.16. The molecule has 0 bridgehead atoms. The van der Waals surface area contributed by atoms with Crippen LogP contribution in [-0.4, -0.2) is 54.3 Å². The van der Waals surface area contributed by atoms with Crippen molar-refractivity contribution < 1.29 is 14.4 Å². The molecule has 0 aliphatic heterocycles. The lowest BCUT2D eigenvalue weighted by atomic mass is 10.0. The fourth-order valence-electron chi connectivity index (χ4n) is 5.42. The van der Waals surface area contributed by atoms with Crippen LogP contribution < -0.4 is 27.0 Å². The van der Waals surface area contributed by atoms with E-state index in [0.717, 1.165) is 46.5 Å². The second-order valence-corrected chi connectivity index (χ2v) is 12.4. The highest BCUT2D eigenvalue weighted by Crippen LogP contribution is 2.24. The smallest absolute Gasteiger partial charge is 0.255 e. The summed E-state index contributed by atoms with van der Waals surface area (Å²) in [6, 6.07) is 25.1. The maximum Gasteiger partial charge on any atom is 0.255 e. The first kappa shape index (κ1) is 34.2. The summed E-state index contributed by atoms with van der Waals surface area (Å²) >= 11 is 3.45. The fraction of sp³-hybridized carbons (Fsp3) is 0.243. The van der Waals surface area contributed by atoms with Crippen LogP contribution in [0.4, 0.5) is 5.69 Å². The van der Waals surface area contributed by atoms with E-state index in [2.05, 4.69) is 54.1 Å². The number of rotatable bonds is 14. The minimum Gasteiger partial charge on any atom is -0.370 e. The van der Waals surface area contributed by atoms with Crippen molar-refractivity contribution >= 4 is 67.0 Å². The summed E-state index contributed by atoms with van der Waals surface area (Å²) in [4.78, 5) is 48.3. The molecule has 0 spiro atoms. The molecule has 0 radical (unpaired) electrons. The van der Waals surface area contributed by atoms with Gasteiger partial charge < -0.3 is 32.0 Å². The topological polar surface area (TPSA) is 153 Å². The summed E-state index contributed by atoms with van der Waals surface area (Å²) in [5.41, 5.74) is 8.76. The van der Waals surface area contributed by atoms with Crippen molar-refractivity contribution in [3.05, 3.63) is 112 Å². The molecule has 0 saturated carbocycles. The monoisotopic (exact) mass is 709 g/mol. The molecule has 0 fully saturated rings. The Bertz CT molecular complexity index is 1940. The first-order valence-corrected chi connectivity index (χ1v) is 16.9. The Kier molecular flexibility index (Phi) is 11.8. The van der Waals surface area contributed by atoms with Crippen LogP contribution in [0.15, 0.2) is 101 Å². The second kappa shape index (κ2) is 16.6. The molecule has 4 aromatic carbocycles. The standard InChI is InChI=1S/C37H40BrN7O3/c1-2-3-8-17-41-37(39)42-19-18-40-36(48)33(21-27-23-43-31-12-7-6-11-29(27)31)45-35(47)30-22-28(38)15-16-32(30)44-34(46)26-14-13-24-9-4-5-10-25(24)20-26/h4-7,9-16,20,22-23,33,43H,2-3,8,17-19,21H2,1H3,(H,40,48)(H,44,46)(H,45,47)(H3,39,41,42)/t33-/m0/s1. The van der Waals surface area contributed by atoms with Crippen molar-refractivity contribution in [1.29, 1.82) is 0 Å². The van der Waals surface area contributed by atoms with E-state index in [4.69, 9.17) is 5.73 Å². The highest BCUT2D eigenvalue weighted by Gasteiger charge is 2.25. The molecule has 0 unspecified atom stereocenters. The molecule has 3 amide bonds. The van der Waals surface area contributed by atoms with Crippen LogP contribution in [0.2, 0.25) is 0 Å². The van der Waals surface area contributed by atoms with Crippen molar-refractivity contribution in [3.63, 3.8) is 0 Å². The molecule has 0 aliphatic carbocycles. The van der Waals surface area contributed by atoms with Crippen molar-refractivity contribution in [2.24, 2.45) is 10.7 Å². The Labute approximate surface area is 288 Å². The number of carbonyl (C=O) groups is 3. The van der Waals surface area contributed by atoms with Gasteiger partial charge in [0.2, 0.25) is 5.91 Å². The number of H-pyrrole nitrogens is 1. The number of halogens is 1. The Morgan fingerprint density at radius 3 is 2.48 bits per heavy atom. The third kappa shape index (κ3) is 9.01. The van der Waals surface area contributed by atoms with Crippen LogP contribution in [0.1, 0.15) is 52.5 Å². The predicted octanol–water partition coefficient (Wildman–Crippen LogP) is 5.89. The van der Waals surface area contributed by atoms with Gasteiger partial charge in [-0.05, 0) is 59.2 Å². The molecule has 248 valence electrons. The van der Waals surface area contributed by atoms with Crippen LogP contribution in [0.3, 0.4) is 0 Å². The zero-order valence-corrected chi connectivity index (χ0v) is 28.4. The van der Waals surface area contributed by atoms with E-state index in [1.807, 2.05) is 66.9 Å². The normalized spacial score (nSPS) is 12.1. The molecule has 5 aromatic rings. The number of unbranched alkanes of at least 4 members (excludes halogenated alkanes) is 2. The number of anilines is 1. The number of para-hydroxylation sites is 1. The zero-order valence-electron chi connectivity index (χ0n) is 26.8. The van der Waals surface area contributed by atoms with Gasteiger partial charge in [0.05, 0.1) is 11.3 Å². The third-order valence-corrected chi connectivity index (χ3v) is 8.47. The lowest BCUT2D eigenvalue weighted by Crippen LogP contribution is -2.49. The first-order chi connectivity index (χ1) is 23.3. The average molecular weight is 711 g/mol. The zero-order chi connectivity index (χ0) is 33.9. The Morgan fingerprint density at radius 1 is 0.875 bits per heavy atom. The number of hydrogen-bond acceptors (Lipinski definition) is 4. The number of hydrogen-bond donors (Lipinski definition) is 6. The van der Waals surface area contributed by atoms with Crippen molar-refractivity contribution in [3.8, 4) is 0 Å². The highest BCUT2D eigenvalue weighted by molar-refractivity contribution is 9.10. The van der Waals surface area contributed by atoms with Gasteiger partial charge in [0.25, 0.3) is 11.8 Å². The summed E-state index contributed by atoms with van der Waals surface area (Å²) < 4.78 is 0.647. The molecular formula is C37H40BrN7O3. The van der Waals surface area contributed by atoms with Crippen molar-refractivity contribution in [1.82, 2.24) is 20.9 Å². The number of nitrogens with one attached hydrogen (secondary N) is 5. The number of guanidine groups is 1. The van der Waals surface area contributed by atoms with Gasteiger partial charge in [-0.1, -0.05) is 84.2 Å². The maximum absolute atomic E-state index is 13.9. The molecule has 1 aromatic heterocycles. The largest absolute Gasteiger partial charge is 0.370 e. The summed E-state index contributed by atoms with van der Waals surface area (Å²) in [6.45, 7) is 3.43. The van der Waals surface area contributed by atoms with Gasteiger partial charge in [0.15, 0.2) is 5.96 Å². The number of aliphatic imine (C=N–C) groups is 1. The number of aromatic amines is 1. The van der Waals surface area contributed by atoms with Gasteiger partial charge in [0.1, 0.15) is 6.04 Å². The first-order valence-electron chi connectivity index (χ1n) is 16.1. The lowest BCUT2D eigenvalue weighted by Gasteiger charge is -2.20. The molecule has 0 aliphatic rings. The Morgan fingerprint density at radius 2 is 1.65 bits per heavy atom. The van der Waals surface area contributed by atoms with Crippen LogP contribution in [0, 0.1) is 0 Å². The quantitative estimate of drug-likeness (QED) is 0.0483. The van der Waals surface area contributed by atoms with Crippen LogP contribution in [0.5, 0.6) is 0 Å². The average Bonchev–Trinajstić information content (AvgIpc) is 3.51. The number of fused-ring (bicyclic) bond motifs is 2. The van der Waals surface area contributed by atoms with Gasteiger partial charge >= 0.3 is 0 Å².